The fourth-order valence-electron chi connectivity index (χ4n) is 1.97. The van der Waals surface area contributed by atoms with Crippen molar-refractivity contribution in [1.29, 1.82) is 0 Å². The molecule has 0 spiro atoms. The van der Waals surface area contributed by atoms with E-state index >= 15 is 0 Å². The van der Waals surface area contributed by atoms with Gasteiger partial charge in [-0.05, 0) is 12.1 Å². The number of benzene rings is 1. The molecular weight excluding hydrogens is 242 g/mol. The molecule has 1 aromatic rings. The van der Waals surface area contributed by atoms with Crippen LogP contribution in [0.3, 0.4) is 0 Å². The highest BCUT2D eigenvalue weighted by atomic mass is 19.1. The molecule has 1 aromatic carbocycles. The maximum Gasteiger partial charge on any atom is 0.254 e. The van der Waals surface area contributed by atoms with Crippen LogP contribution < -0.4 is 10.6 Å². The van der Waals surface area contributed by atoms with Gasteiger partial charge in [0.25, 0.3) is 5.91 Å². The number of halogens is 2. The van der Waals surface area contributed by atoms with Crippen molar-refractivity contribution in [2.45, 2.75) is 12.1 Å². The normalized spacial score (nSPS) is 23.1. The van der Waals surface area contributed by atoms with Crippen LogP contribution in [0.25, 0.3) is 0 Å². The molecule has 1 saturated heterocycles. The number of methoxy groups -OCH3 is 1. The molecule has 0 aliphatic carbocycles. The average Bonchev–Trinajstić information content (AvgIpc) is 2.76. The second-order valence-corrected chi connectivity index (χ2v) is 4.14. The van der Waals surface area contributed by atoms with E-state index in [9.17, 15) is 13.6 Å². The number of hydrogen-bond acceptors (Lipinski definition) is 3. The summed E-state index contributed by atoms with van der Waals surface area (Å²) >= 11 is 0. The number of carbonyl (C=O) groups excluding carboxylic acids is 1. The Morgan fingerprint density at radius 3 is 2.89 bits per heavy atom. The fraction of sp³-hybridized carbons (Fsp3) is 0.417. The molecule has 6 heteroatoms. The molecule has 0 radical (unpaired) electrons. The van der Waals surface area contributed by atoms with Crippen molar-refractivity contribution in [3.8, 4) is 0 Å². The van der Waals surface area contributed by atoms with Crippen LogP contribution in [0, 0.1) is 11.6 Å². The third-order valence-corrected chi connectivity index (χ3v) is 2.95. The highest BCUT2D eigenvalue weighted by Crippen LogP contribution is 2.11. The quantitative estimate of drug-likeness (QED) is 0.836. The number of amides is 1. The predicted octanol–water partition coefficient (Wildman–Crippen LogP) is 0.681. The van der Waals surface area contributed by atoms with Crippen molar-refractivity contribution >= 4 is 5.91 Å². The molecule has 0 bridgehead atoms. The summed E-state index contributed by atoms with van der Waals surface area (Å²) in [5.74, 6) is -2.14. The van der Waals surface area contributed by atoms with Crippen LogP contribution in [-0.4, -0.2) is 38.3 Å². The number of ether oxygens (including phenoxy) is 1. The van der Waals surface area contributed by atoms with Gasteiger partial charge in [-0.3, -0.25) is 4.79 Å². The first-order chi connectivity index (χ1) is 8.61. The van der Waals surface area contributed by atoms with Gasteiger partial charge < -0.3 is 15.4 Å². The van der Waals surface area contributed by atoms with E-state index in [-0.39, 0.29) is 17.7 Å². The zero-order valence-electron chi connectivity index (χ0n) is 9.87. The van der Waals surface area contributed by atoms with E-state index in [1.807, 2.05) is 0 Å². The summed E-state index contributed by atoms with van der Waals surface area (Å²) in [5.41, 5.74) is -0.168. The maximum absolute atomic E-state index is 13.4. The van der Waals surface area contributed by atoms with Gasteiger partial charge in [0.05, 0.1) is 17.7 Å². The number of nitrogens with one attached hydrogen (secondary N) is 2. The van der Waals surface area contributed by atoms with E-state index in [1.165, 1.54) is 0 Å². The van der Waals surface area contributed by atoms with Gasteiger partial charge in [-0.2, -0.15) is 0 Å². The zero-order chi connectivity index (χ0) is 13.1. The third kappa shape index (κ3) is 2.65. The molecule has 1 aliphatic rings. The van der Waals surface area contributed by atoms with Crippen LogP contribution in [0.15, 0.2) is 18.2 Å². The number of carbonyl (C=O) groups is 1. The van der Waals surface area contributed by atoms with Gasteiger partial charge in [-0.25, -0.2) is 8.78 Å². The SMILES string of the molecule is CO[C@@H]1CNCC1NC(=O)c1ccc(F)cc1F. The van der Waals surface area contributed by atoms with Crippen LogP contribution in [0.4, 0.5) is 8.78 Å². The Bertz CT molecular complexity index is 454. The Balaban J connectivity index is 2.07. The Kier molecular flexibility index (Phi) is 3.88. The summed E-state index contributed by atoms with van der Waals surface area (Å²) in [6.45, 7) is 1.19. The van der Waals surface area contributed by atoms with Gasteiger partial charge in [-0.1, -0.05) is 0 Å². The second-order valence-electron chi connectivity index (χ2n) is 4.14. The summed E-state index contributed by atoms with van der Waals surface area (Å²) < 4.78 is 31.3. The summed E-state index contributed by atoms with van der Waals surface area (Å²) in [7, 11) is 1.55. The highest BCUT2D eigenvalue weighted by molar-refractivity contribution is 5.94. The lowest BCUT2D eigenvalue weighted by Gasteiger charge is -2.18. The first kappa shape index (κ1) is 12.9. The van der Waals surface area contributed by atoms with Crippen molar-refractivity contribution in [3.63, 3.8) is 0 Å². The van der Waals surface area contributed by atoms with Gasteiger partial charge in [0, 0.05) is 26.3 Å². The minimum absolute atomic E-state index is 0.141. The minimum atomic E-state index is -0.868. The Labute approximate surface area is 103 Å². The number of rotatable bonds is 3. The lowest BCUT2D eigenvalue weighted by atomic mass is 10.1. The molecule has 2 rings (SSSR count). The summed E-state index contributed by atoms with van der Waals surface area (Å²) in [5, 5.41) is 5.73. The Morgan fingerprint density at radius 2 is 2.22 bits per heavy atom. The molecule has 1 heterocycles. The van der Waals surface area contributed by atoms with E-state index < -0.39 is 17.5 Å². The van der Waals surface area contributed by atoms with Gasteiger partial charge in [0.15, 0.2) is 0 Å². The van der Waals surface area contributed by atoms with E-state index in [4.69, 9.17) is 4.74 Å². The second kappa shape index (κ2) is 5.41. The summed E-state index contributed by atoms with van der Waals surface area (Å²) in [6.07, 6.45) is -0.141. The molecular formula is C12H14F2N2O2. The molecule has 2 N–H and O–H groups in total. The number of hydrogen-bond donors (Lipinski definition) is 2. The molecule has 18 heavy (non-hydrogen) atoms. The molecule has 0 aromatic heterocycles. The van der Waals surface area contributed by atoms with E-state index in [2.05, 4.69) is 10.6 Å². The Morgan fingerprint density at radius 1 is 1.44 bits per heavy atom. The molecule has 1 fully saturated rings. The molecule has 98 valence electrons. The predicted molar refractivity (Wildman–Crippen MR) is 61.3 cm³/mol. The van der Waals surface area contributed by atoms with Crippen LogP contribution in [0.5, 0.6) is 0 Å². The minimum Gasteiger partial charge on any atom is -0.378 e. The molecule has 2 atom stereocenters. The molecule has 4 nitrogen and oxygen atoms in total. The largest absolute Gasteiger partial charge is 0.378 e. The van der Waals surface area contributed by atoms with Gasteiger partial charge >= 0.3 is 0 Å². The first-order valence-electron chi connectivity index (χ1n) is 5.61. The van der Waals surface area contributed by atoms with Crippen LogP contribution in [0.1, 0.15) is 10.4 Å². The summed E-state index contributed by atoms with van der Waals surface area (Å²) in [6, 6.07) is 2.66. The molecule has 0 saturated carbocycles. The monoisotopic (exact) mass is 256 g/mol. The smallest absolute Gasteiger partial charge is 0.254 e. The van der Waals surface area contributed by atoms with Crippen molar-refractivity contribution in [3.05, 3.63) is 35.4 Å². The van der Waals surface area contributed by atoms with Crippen LogP contribution >= 0.6 is 0 Å². The third-order valence-electron chi connectivity index (χ3n) is 2.95. The topological polar surface area (TPSA) is 50.4 Å². The van der Waals surface area contributed by atoms with Gasteiger partial charge in [0.1, 0.15) is 11.6 Å². The van der Waals surface area contributed by atoms with Gasteiger partial charge in [0.2, 0.25) is 0 Å². The highest BCUT2D eigenvalue weighted by Gasteiger charge is 2.29. The molecule has 1 amide bonds. The maximum atomic E-state index is 13.4. The van der Waals surface area contributed by atoms with E-state index in [1.54, 1.807) is 7.11 Å². The standard InChI is InChI=1S/C12H14F2N2O2/c1-18-11-6-15-5-10(11)16-12(17)8-3-2-7(13)4-9(8)14/h2-4,10-11,15H,5-6H2,1H3,(H,16,17)/t10?,11-/m1/s1. The van der Waals surface area contributed by atoms with Crippen molar-refractivity contribution in [2.75, 3.05) is 20.2 Å². The van der Waals surface area contributed by atoms with Crippen LogP contribution in [-0.2, 0) is 4.74 Å². The average molecular weight is 256 g/mol. The van der Waals surface area contributed by atoms with Crippen molar-refractivity contribution < 1.29 is 18.3 Å². The fourth-order valence-corrected chi connectivity index (χ4v) is 1.97. The van der Waals surface area contributed by atoms with Gasteiger partial charge in [-0.15, -0.1) is 0 Å². The van der Waals surface area contributed by atoms with E-state index in [0.717, 1.165) is 12.1 Å². The lowest BCUT2D eigenvalue weighted by Crippen LogP contribution is -2.43. The zero-order valence-corrected chi connectivity index (χ0v) is 9.87. The summed E-state index contributed by atoms with van der Waals surface area (Å²) in [4.78, 5) is 11.8. The van der Waals surface area contributed by atoms with Crippen molar-refractivity contribution in [2.24, 2.45) is 0 Å². The van der Waals surface area contributed by atoms with E-state index in [0.29, 0.717) is 19.2 Å². The van der Waals surface area contributed by atoms with Crippen LogP contribution in [0.2, 0.25) is 0 Å². The molecule has 1 unspecified atom stereocenters. The molecule has 1 aliphatic heterocycles. The van der Waals surface area contributed by atoms with Crippen molar-refractivity contribution in [1.82, 2.24) is 10.6 Å². The lowest BCUT2D eigenvalue weighted by molar-refractivity contribution is 0.0777. The first-order valence-corrected chi connectivity index (χ1v) is 5.61. The Hall–Kier alpha value is -1.53.